The van der Waals surface area contributed by atoms with Gasteiger partial charge in [-0.05, 0) is 32.6 Å². The van der Waals surface area contributed by atoms with Crippen LogP contribution in [0.5, 0.6) is 0 Å². The van der Waals surface area contributed by atoms with Crippen LogP contribution in [-0.4, -0.2) is 40.1 Å². The van der Waals surface area contributed by atoms with Crippen molar-refractivity contribution in [3.05, 3.63) is 0 Å². The fraction of sp³-hybridized carbons (Fsp3) is 0.846. The van der Waals surface area contributed by atoms with Crippen LogP contribution in [0.1, 0.15) is 47.0 Å². The first-order valence-electron chi connectivity index (χ1n) is 6.60. The van der Waals surface area contributed by atoms with Crippen LogP contribution >= 0.6 is 0 Å². The summed E-state index contributed by atoms with van der Waals surface area (Å²) in [6.45, 7) is 8.49. The van der Waals surface area contributed by atoms with E-state index in [0.29, 0.717) is 6.54 Å². The highest BCUT2D eigenvalue weighted by molar-refractivity contribution is 5.83. The number of nitrogens with zero attached hydrogens (tertiary/aromatic N) is 1. The SMILES string of the molecule is CCC(C)[C@H](NC(=O)N1CCCC1(C)C)C(=O)O. The van der Waals surface area contributed by atoms with Crippen LogP contribution < -0.4 is 5.32 Å². The molecule has 0 saturated carbocycles. The van der Waals surface area contributed by atoms with E-state index in [-0.39, 0.29) is 17.5 Å². The molecule has 0 spiro atoms. The lowest BCUT2D eigenvalue weighted by molar-refractivity contribution is -0.140. The summed E-state index contributed by atoms with van der Waals surface area (Å²) in [4.78, 5) is 25.1. The number of nitrogens with one attached hydrogen (secondary N) is 1. The van der Waals surface area contributed by atoms with Crippen molar-refractivity contribution in [1.29, 1.82) is 0 Å². The number of aliphatic carboxylic acids is 1. The van der Waals surface area contributed by atoms with Crippen LogP contribution in [0.3, 0.4) is 0 Å². The number of likely N-dealkylation sites (tertiary alicyclic amines) is 1. The molecule has 5 nitrogen and oxygen atoms in total. The third-order valence-corrected chi connectivity index (χ3v) is 3.90. The van der Waals surface area contributed by atoms with E-state index in [9.17, 15) is 9.59 Å². The average molecular weight is 256 g/mol. The molecule has 1 aliphatic heterocycles. The maximum absolute atomic E-state index is 12.1. The van der Waals surface area contributed by atoms with Crippen molar-refractivity contribution in [2.75, 3.05) is 6.54 Å². The molecule has 5 heteroatoms. The van der Waals surface area contributed by atoms with Gasteiger partial charge in [0.05, 0.1) is 0 Å². The minimum Gasteiger partial charge on any atom is -0.480 e. The van der Waals surface area contributed by atoms with Crippen molar-refractivity contribution < 1.29 is 14.7 Å². The van der Waals surface area contributed by atoms with Crippen molar-refractivity contribution in [2.24, 2.45) is 5.92 Å². The number of carboxylic acid groups (broad SMARTS) is 1. The molecule has 0 aromatic heterocycles. The molecule has 1 rings (SSSR count). The molecule has 0 aromatic rings. The van der Waals surface area contributed by atoms with Crippen molar-refractivity contribution in [2.45, 2.75) is 58.5 Å². The normalized spacial score (nSPS) is 21.4. The number of rotatable bonds is 4. The van der Waals surface area contributed by atoms with Gasteiger partial charge < -0.3 is 15.3 Å². The lowest BCUT2D eigenvalue weighted by Gasteiger charge is -2.33. The molecular weight excluding hydrogens is 232 g/mol. The highest BCUT2D eigenvalue weighted by atomic mass is 16.4. The summed E-state index contributed by atoms with van der Waals surface area (Å²) in [5, 5.41) is 11.8. The molecule has 1 aliphatic rings. The largest absolute Gasteiger partial charge is 0.480 e. The van der Waals surface area contributed by atoms with Gasteiger partial charge in [0.15, 0.2) is 0 Å². The molecule has 104 valence electrons. The molecule has 2 atom stereocenters. The van der Waals surface area contributed by atoms with Crippen molar-refractivity contribution in [1.82, 2.24) is 10.2 Å². The van der Waals surface area contributed by atoms with Gasteiger partial charge in [-0.1, -0.05) is 20.3 Å². The first-order chi connectivity index (χ1) is 8.29. The van der Waals surface area contributed by atoms with E-state index in [2.05, 4.69) is 5.32 Å². The molecular formula is C13H24N2O3. The molecule has 0 aromatic carbocycles. The third-order valence-electron chi connectivity index (χ3n) is 3.90. The maximum Gasteiger partial charge on any atom is 0.326 e. The number of carboxylic acids is 1. The van der Waals surface area contributed by atoms with Crippen molar-refractivity contribution in [3.8, 4) is 0 Å². The van der Waals surface area contributed by atoms with Crippen LogP contribution in [-0.2, 0) is 4.79 Å². The Morgan fingerprint density at radius 2 is 2.06 bits per heavy atom. The lowest BCUT2D eigenvalue weighted by atomic mass is 9.99. The molecule has 0 bridgehead atoms. The van der Waals surface area contributed by atoms with Gasteiger partial charge in [-0.3, -0.25) is 0 Å². The van der Waals surface area contributed by atoms with Crippen molar-refractivity contribution in [3.63, 3.8) is 0 Å². The Balaban J connectivity index is 2.70. The van der Waals surface area contributed by atoms with E-state index in [1.165, 1.54) is 0 Å². The maximum atomic E-state index is 12.1. The Morgan fingerprint density at radius 3 is 2.44 bits per heavy atom. The average Bonchev–Trinajstić information content (AvgIpc) is 2.64. The number of amides is 2. The second kappa shape index (κ2) is 5.59. The molecule has 1 heterocycles. The number of hydrogen-bond acceptors (Lipinski definition) is 2. The van der Waals surface area contributed by atoms with E-state index < -0.39 is 12.0 Å². The predicted molar refractivity (Wildman–Crippen MR) is 69.4 cm³/mol. The second-order valence-electron chi connectivity index (χ2n) is 5.72. The monoisotopic (exact) mass is 256 g/mol. The molecule has 0 aliphatic carbocycles. The van der Waals surface area contributed by atoms with E-state index in [1.807, 2.05) is 27.7 Å². The van der Waals surface area contributed by atoms with Crippen molar-refractivity contribution >= 4 is 12.0 Å². The van der Waals surface area contributed by atoms with E-state index >= 15 is 0 Å². The summed E-state index contributed by atoms with van der Waals surface area (Å²) in [5.41, 5.74) is -0.178. The Kier molecular flexibility index (Phi) is 4.59. The number of hydrogen-bond donors (Lipinski definition) is 2. The smallest absolute Gasteiger partial charge is 0.326 e. The molecule has 1 saturated heterocycles. The van der Waals surface area contributed by atoms with Gasteiger partial charge in [-0.15, -0.1) is 0 Å². The number of urea groups is 1. The Labute approximate surface area is 109 Å². The third kappa shape index (κ3) is 3.15. The van der Waals surface area contributed by atoms with Crippen LogP contribution in [0.15, 0.2) is 0 Å². The fourth-order valence-electron chi connectivity index (χ4n) is 2.38. The molecule has 1 fully saturated rings. The summed E-state index contributed by atoms with van der Waals surface area (Å²) in [7, 11) is 0. The Morgan fingerprint density at radius 1 is 1.44 bits per heavy atom. The minimum absolute atomic E-state index is 0.0721. The Bertz CT molecular complexity index is 328. The summed E-state index contributed by atoms with van der Waals surface area (Å²) < 4.78 is 0. The van der Waals surface area contributed by atoms with Gasteiger partial charge in [0.2, 0.25) is 0 Å². The molecule has 1 unspecified atom stereocenters. The molecule has 18 heavy (non-hydrogen) atoms. The van der Waals surface area contributed by atoms with E-state index in [4.69, 9.17) is 5.11 Å². The zero-order valence-corrected chi connectivity index (χ0v) is 11.7. The first kappa shape index (κ1) is 14.8. The highest BCUT2D eigenvalue weighted by Gasteiger charge is 2.37. The minimum atomic E-state index is -0.963. The molecule has 2 N–H and O–H groups in total. The molecule has 0 radical (unpaired) electrons. The van der Waals surface area contributed by atoms with E-state index in [0.717, 1.165) is 19.3 Å². The number of carbonyl (C=O) groups excluding carboxylic acids is 1. The first-order valence-corrected chi connectivity index (χ1v) is 6.60. The number of carbonyl (C=O) groups is 2. The highest BCUT2D eigenvalue weighted by Crippen LogP contribution is 2.28. The quantitative estimate of drug-likeness (QED) is 0.809. The Hall–Kier alpha value is -1.26. The zero-order chi connectivity index (χ0) is 13.9. The predicted octanol–water partition coefficient (Wildman–Crippen LogP) is 2.07. The summed E-state index contributed by atoms with van der Waals surface area (Å²) >= 11 is 0. The van der Waals surface area contributed by atoms with Crippen LogP contribution in [0, 0.1) is 5.92 Å². The summed E-state index contributed by atoms with van der Waals surface area (Å²) in [5.74, 6) is -1.04. The van der Waals surface area contributed by atoms with Crippen LogP contribution in [0.2, 0.25) is 0 Å². The van der Waals surface area contributed by atoms with Gasteiger partial charge >= 0.3 is 12.0 Å². The van der Waals surface area contributed by atoms with Gasteiger partial charge in [-0.2, -0.15) is 0 Å². The topological polar surface area (TPSA) is 69.6 Å². The summed E-state index contributed by atoms with van der Waals surface area (Å²) in [6, 6.07) is -1.07. The standard InChI is InChI=1S/C13H24N2O3/c1-5-9(2)10(11(16)17)14-12(18)15-8-6-7-13(15,3)4/h9-10H,5-8H2,1-4H3,(H,14,18)(H,16,17)/t9?,10-/m0/s1. The summed E-state index contributed by atoms with van der Waals surface area (Å²) in [6.07, 6.45) is 2.66. The van der Waals surface area contributed by atoms with Crippen LogP contribution in [0.4, 0.5) is 4.79 Å². The van der Waals surface area contributed by atoms with Crippen LogP contribution in [0.25, 0.3) is 0 Å². The zero-order valence-electron chi connectivity index (χ0n) is 11.7. The van der Waals surface area contributed by atoms with Gasteiger partial charge in [0.25, 0.3) is 0 Å². The van der Waals surface area contributed by atoms with Gasteiger partial charge in [-0.25, -0.2) is 9.59 Å². The van der Waals surface area contributed by atoms with E-state index in [1.54, 1.807) is 4.90 Å². The molecule has 2 amide bonds. The van der Waals surface area contributed by atoms with Gasteiger partial charge in [0.1, 0.15) is 6.04 Å². The lowest BCUT2D eigenvalue weighted by Crippen LogP contribution is -2.54. The van der Waals surface area contributed by atoms with Gasteiger partial charge in [0, 0.05) is 12.1 Å². The fourth-order valence-corrected chi connectivity index (χ4v) is 2.38. The second-order valence-corrected chi connectivity index (χ2v) is 5.72.